The molecule has 21 heavy (non-hydrogen) atoms. The third-order valence-corrected chi connectivity index (χ3v) is 3.97. The Bertz CT molecular complexity index is 499. The van der Waals surface area contributed by atoms with Crippen LogP contribution in [0.4, 0.5) is 0 Å². The number of hydrogen-bond donors (Lipinski definition) is 3. The molecule has 2 atom stereocenters. The van der Waals surface area contributed by atoms with E-state index in [1.807, 2.05) is 12.1 Å². The van der Waals surface area contributed by atoms with E-state index < -0.39 is 0 Å². The van der Waals surface area contributed by atoms with E-state index in [2.05, 4.69) is 17.4 Å². The number of ether oxygens (including phenoxy) is 2. The van der Waals surface area contributed by atoms with Crippen LogP contribution in [-0.2, 0) is 11.3 Å². The lowest BCUT2D eigenvalue weighted by molar-refractivity contribution is 0.178. The first-order chi connectivity index (χ1) is 10.2. The number of rotatable bonds is 6. The van der Waals surface area contributed by atoms with Crippen LogP contribution in [0.2, 0.25) is 0 Å². The van der Waals surface area contributed by atoms with Crippen molar-refractivity contribution in [3.05, 3.63) is 29.3 Å². The molecule has 6 nitrogen and oxygen atoms in total. The van der Waals surface area contributed by atoms with Gasteiger partial charge in [0.25, 0.3) is 0 Å². The molecule has 0 amide bonds. The number of nitrogens with one attached hydrogen (secondary N) is 1. The Kier molecular flexibility index (Phi) is 5.41. The molecule has 6 heteroatoms. The van der Waals surface area contributed by atoms with E-state index in [1.165, 1.54) is 0 Å². The lowest BCUT2D eigenvalue weighted by Gasteiger charge is -2.20. The second kappa shape index (κ2) is 7.28. The Morgan fingerprint density at radius 2 is 2.43 bits per heavy atom. The molecule has 1 fully saturated rings. The summed E-state index contributed by atoms with van der Waals surface area (Å²) in [5.41, 5.74) is 7.28. The maximum absolute atomic E-state index is 8.77. The van der Waals surface area contributed by atoms with Crippen molar-refractivity contribution in [2.45, 2.75) is 25.9 Å². The zero-order chi connectivity index (χ0) is 15.2. The highest BCUT2D eigenvalue weighted by Crippen LogP contribution is 2.21. The van der Waals surface area contributed by atoms with Crippen LogP contribution < -0.4 is 15.8 Å². The molecule has 0 aromatic heterocycles. The number of benzene rings is 1. The fraction of sp³-hybridized carbons (Fsp3) is 0.533. The van der Waals surface area contributed by atoms with E-state index in [1.54, 1.807) is 13.2 Å². The van der Waals surface area contributed by atoms with Gasteiger partial charge >= 0.3 is 0 Å². The summed E-state index contributed by atoms with van der Waals surface area (Å²) in [4.78, 5) is 0. The topological polar surface area (TPSA) is 89.1 Å². The second-order valence-electron chi connectivity index (χ2n) is 5.31. The Labute approximate surface area is 124 Å². The molecule has 1 aromatic carbocycles. The van der Waals surface area contributed by atoms with Crippen LogP contribution in [0.15, 0.2) is 23.4 Å². The maximum atomic E-state index is 8.77. The summed E-state index contributed by atoms with van der Waals surface area (Å²) in [6.45, 7) is 4.49. The molecular weight excluding hydrogens is 270 g/mol. The molecule has 0 aliphatic carbocycles. The van der Waals surface area contributed by atoms with E-state index >= 15 is 0 Å². The first-order valence-electron chi connectivity index (χ1n) is 7.11. The van der Waals surface area contributed by atoms with Gasteiger partial charge in [0.1, 0.15) is 5.75 Å². The van der Waals surface area contributed by atoms with Crippen molar-refractivity contribution in [3.8, 4) is 5.75 Å². The molecule has 116 valence electrons. The van der Waals surface area contributed by atoms with Gasteiger partial charge in [-0.1, -0.05) is 5.16 Å². The molecule has 0 radical (unpaired) electrons. The highest BCUT2D eigenvalue weighted by Gasteiger charge is 2.22. The summed E-state index contributed by atoms with van der Waals surface area (Å²) >= 11 is 0. The average Bonchev–Trinajstić information content (AvgIpc) is 3.06. The normalized spacial score (nSPS) is 20.5. The van der Waals surface area contributed by atoms with Crippen molar-refractivity contribution in [2.24, 2.45) is 16.8 Å². The van der Waals surface area contributed by atoms with Crippen LogP contribution in [0.25, 0.3) is 0 Å². The molecule has 0 spiro atoms. The molecule has 2 unspecified atom stereocenters. The van der Waals surface area contributed by atoms with Gasteiger partial charge in [0.05, 0.1) is 13.7 Å². The van der Waals surface area contributed by atoms with Crippen molar-refractivity contribution in [3.63, 3.8) is 0 Å². The fourth-order valence-electron chi connectivity index (χ4n) is 2.52. The summed E-state index contributed by atoms with van der Waals surface area (Å²) < 4.78 is 10.8. The third-order valence-electron chi connectivity index (χ3n) is 3.97. The Hall–Kier alpha value is -1.79. The fourth-order valence-corrected chi connectivity index (χ4v) is 2.52. The van der Waals surface area contributed by atoms with E-state index in [0.717, 1.165) is 30.9 Å². The number of nitrogens with zero attached hydrogens (tertiary/aromatic N) is 1. The van der Waals surface area contributed by atoms with Crippen molar-refractivity contribution in [2.75, 3.05) is 20.3 Å². The third kappa shape index (κ3) is 3.86. The summed E-state index contributed by atoms with van der Waals surface area (Å²) in [5, 5.41) is 15.3. The molecular formula is C15H23N3O3. The summed E-state index contributed by atoms with van der Waals surface area (Å²) in [5.74, 6) is 1.42. The maximum Gasteiger partial charge on any atom is 0.170 e. The monoisotopic (exact) mass is 293 g/mol. The van der Waals surface area contributed by atoms with E-state index in [-0.39, 0.29) is 5.84 Å². The largest absolute Gasteiger partial charge is 0.496 e. The molecule has 1 aliphatic heterocycles. The minimum Gasteiger partial charge on any atom is -0.496 e. The summed E-state index contributed by atoms with van der Waals surface area (Å²) in [6.07, 6.45) is 1.09. The average molecular weight is 293 g/mol. The van der Waals surface area contributed by atoms with Gasteiger partial charge in [0.2, 0.25) is 0 Å². The van der Waals surface area contributed by atoms with Gasteiger partial charge in [-0.2, -0.15) is 0 Å². The van der Waals surface area contributed by atoms with Gasteiger partial charge in [0, 0.05) is 30.3 Å². The predicted molar refractivity (Wildman–Crippen MR) is 80.7 cm³/mol. The number of amidine groups is 1. The summed E-state index contributed by atoms with van der Waals surface area (Å²) in [7, 11) is 1.64. The minimum absolute atomic E-state index is 0.0937. The van der Waals surface area contributed by atoms with Gasteiger partial charge in [0.15, 0.2) is 5.84 Å². The van der Waals surface area contributed by atoms with E-state index in [9.17, 15) is 0 Å². The smallest absolute Gasteiger partial charge is 0.170 e. The Morgan fingerprint density at radius 3 is 3.05 bits per heavy atom. The van der Waals surface area contributed by atoms with Crippen molar-refractivity contribution >= 4 is 5.84 Å². The summed E-state index contributed by atoms with van der Waals surface area (Å²) in [6, 6.07) is 5.84. The molecule has 0 saturated carbocycles. The first-order valence-corrected chi connectivity index (χ1v) is 7.11. The van der Waals surface area contributed by atoms with Crippen LogP contribution in [0.3, 0.4) is 0 Å². The number of oxime groups is 1. The quantitative estimate of drug-likeness (QED) is 0.318. The zero-order valence-corrected chi connectivity index (χ0v) is 12.5. The second-order valence-corrected chi connectivity index (χ2v) is 5.31. The molecule has 1 heterocycles. The van der Waals surface area contributed by atoms with Crippen molar-refractivity contribution < 1.29 is 14.7 Å². The minimum atomic E-state index is 0.0937. The Balaban J connectivity index is 2.06. The zero-order valence-electron chi connectivity index (χ0n) is 12.5. The first kappa shape index (κ1) is 15.6. The molecule has 1 aliphatic rings. The standard InChI is InChI=1S/C15H23N3O3/c1-10(12-5-6-21-9-12)17-8-13-7-11(15(16)18-19)3-4-14(13)20-2/h3-4,7,10,12,17,19H,5-6,8-9H2,1-2H3,(H2,16,18). The van der Waals surface area contributed by atoms with Crippen molar-refractivity contribution in [1.82, 2.24) is 5.32 Å². The van der Waals surface area contributed by atoms with Crippen LogP contribution in [0, 0.1) is 5.92 Å². The van der Waals surface area contributed by atoms with Gasteiger partial charge in [-0.3, -0.25) is 0 Å². The highest BCUT2D eigenvalue weighted by molar-refractivity contribution is 5.97. The van der Waals surface area contributed by atoms with E-state index in [0.29, 0.717) is 24.1 Å². The SMILES string of the molecule is COc1ccc(/C(N)=N/O)cc1CNC(C)C1CCOC1. The Morgan fingerprint density at radius 1 is 1.62 bits per heavy atom. The van der Waals surface area contributed by atoms with Gasteiger partial charge in [-0.05, 0) is 37.5 Å². The number of methoxy groups -OCH3 is 1. The van der Waals surface area contributed by atoms with Gasteiger partial charge in [-0.25, -0.2) is 0 Å². The van der Waals surface area contributed by atoms with Crippen LogP contribution in [0.5, 0.6) is 5.75 Å². The molecule has 1 aromatic rings. The highest BCUT2D eigenvalue weighted by atomic mass is 16.5. The molecule has 0 bridgehead atoms. The van der Waals surface area contributed by atoms with Gasteiger partial charge < -0.3 is 25.7 Å². The van der Waals surface area contributed by atoms with Crippen LogP contribution >= 0.6 is 0 Å². The van der Waals surface area contributed by atoms with Gasteiger partial charge in [-0.15, -0.1) is 0 Å². The molecule has 1 saturated heterocycles. The lowest BCUT2D eigenvalue weighted by atomic mass is 10.00. The van der Waals surface area contributed by atoms with E-state index in [4.69, 9.17) is 20.4 Å². The van der Waals surface area contributed by atoms with Crippen LogP contribution in [-0.4, -0.2) is 37.4 Å². The molecule has 4 N–H and O–H groups in total. The number of hydrogen-bond acceptors (Lipinski definition) is 5. The van der Waals surface area contributed by atoms with Crippen LogP contribution in [0.1, 0.15) is 24.5 Å². The predicted octanol–water partition coefficient (Wildman–Crippen LogP) is 1.30. The number of nitrogens with two attached hydrogens (primary N) is 1. The van der Waals surface area contributed by atoms with Crippen molar-refractivity contribution in [1.29, 1.82) is 0 Å². The molecule has 2 rings (SSSR count). The lowest BCUT2D eigenvalue weighted by Crippen LogP contribution is -2.33.